The summed E-state index contributed by atoms with van der Waals surface area (Å²) in [5.41, 5.74) is 0.947. The molecule has 166 valence electrons. The predicted octanol–water partition coefficient (Wildman–Crippen LogP) is 4.91. The minimum Gasteiger partial charge on any atom is -0.341 e. The van der Waals surface area contributed by atoms with Crippen molar-refractivity contribution in [3.63, 3.8) is 0 Å². The second-order valence-electron chi connectivity index (χ2n) is 7.69. The number of carbonyl (C=O) groups excluding carboxylic acids is 1. The summed E-state index contributed by atoms with van der Waals surface area (Å²) in [7, 11) is 0. The number of benzene rings is 2. The van der Waals surface area contributed by atoms with Gasteiger partial charge in [0.25, 0.3) is 5.91 Å². The van der Waals surface area contributed by atoms with Crippen LogP contribution in [0.25, 0.3) is 11.1 Å². The van der Waals surface area contributed by atoms with Crippen molar-refractivity contribution in [1.82, 2.24) is 14.9 Å². The Morgan fingerprint density at radius 3 is 2.09 bits per heavy atom. The molecule has 0 aliphatic carbocycles. The fraction of sp³-hybridized carbons (Fsp3) is 0.292. The van der Waals surface area contributed by atoms with Gasteiger partial charge in [0.15, 0.2) is 0 Å². The lowest BCUT2D eigenvalue weighted by Crippen LogP contribution is -2.40. The fourth-order valence-corrected chi connectivity index (χ4v) is 3.85. The summed E-state index contributed by atoms with van der Waals surface area (Å²) in [5, 5.41) is 0. The third-order valence-corrected chi connectivity index (χ3v) is 5.49. The average molecular weight is 440 g/mol. The molecule has 0 bridgehead atoms. The molecule has 2 aromatic carbocycles. The van der Waals surface area contributed by atoms with Crippen LogP contribution in [0.3, 0.4) is 0 Å². The van der Waals surface area contributed by atoms with Crippen molar-refractivity contribution in [3.05, 3.63) is 78.1 Å². The van der Waals surface area contributed by atoms with E-state index >= 15 is 0 Å². The van der Waals surface area contributed by atoms with Gasteiger partial charge in [0.2, 0.25) is 5.95 Å². The molecule has 0 radical (unpaired) electrons. The number of nitrogens with zero attached hydrogens (tertiary/aromatic N) is 4. The number of hydrogen-bond acceptors (Lipinski definition) is 4. The van der Waals surface area contributed by atoms with E-state index in [1.54, 1.807) is 48.8 Å². The molecule has 1 saturated heterocycles. The van der Waals surface area contributed by atoms with Crippen LogP contribution in [-0.4, -0.2) is 47.0 Å². The van der Waals surface area contributed by atoms with Crippen LogP contribution in [0, 0.1) is 0 Å². The highest BCUT2D eigenvalue weighted by Crippen LogP contribution is 2.32. The summed E-state index contributed by atoms with van der Waals surface area (Å²) in [5.74, 6) is 0.641. The fourth-order valence-electron chi connectivity index (χ4n) is 3.85. The lowest BCUT2D eigenvalue weighted by atomic mass is 10.0. The summed E-state index contributed by atoms with van der Waals surface area (Å²) < 4.78 is 38.9. The lowest BCUT2D eigenvalue weighted by Gasteiger charge is -2.30. The molecule has 1 aromatic heterocycles. The molecular formula is C24H23F3N4O. The molecule has 8 heteroatoms. The van der Waals surface area contributed by atoms with Gasteiger partial charge in [-0.05, 0) is 54.3 Å². The van der Waals surface area contributed by atoms with Crippen molar-refractivity contribution in [2.45, 2.75) is 19.0 Å². The Hall–Kier alpha value is -3.42. The van der Waals surface area contributed by atoms with E-state index in [-0.39, 0.29) is 5.91 Å². The summed E-state index contributed by atoms with van der Waals surface area (Å²) in [6.45, 7) is 2.78. The maximum Gasteiger partial charge on any atom is 0.416 e. The first-order valence-corrected chi connectivity index (χ1v) is 10.5. The number of aromatic nitrogens is 2. The molecule has 0 spiro atoms. The van der Waals surface area contributed by atoms with Crippen LogP contribution in [0.4, 0.5) is 19.1 Å². The zero-order valence-corrected chi connectivity index (χ0v) is 17.4. The van der Waals surface area contributed by atoms with Crippen LogP contribution in [0.5, 0.6) is 0 Å². The predicted molar refractivity (Wildman–Crippen MR) is 116 cm³/mol. The Bertz CT molecular complexity index is 1040. The van der Waals surface area contributed by atoms with Crippen LogP contribution < -0.4 is 4.90 Å². The third kappa shape index (κ3) is 5.07. The Morgan fingerprint density at radius 1 is 0.812 bits per heavy atom. The van der Waals surface area contributed by atoms with Gasteiger partial charge in [-0.1, -0.05) is 24.3 Å². The van der Waals surface area contributed by atoms with Crippen LogP contribution in [0.15, 0.2) is 67.0 Å². The van der Waals surface area contributed by atoms with Crippen LogP contribution in [0.1, 0.15) is 28.8 Å². The maximum absolute atomic E-state index is 13.0. The molecule has 0 atom stereocenters. The van der Waals surface area contributed by atoms with Gasteiger partial charge in [-0.3, -0.25) is 4.79 Å². The second-order valence-corrected chi connectivity index (χ2v) is 7.69. The molecule has 0 saturated carbocycles. The first-order valence-electron chi connectivity index (χ1n) is 10.5. The normalized spacial score (nSPS) is 15.2. The Balaban J connectivity index is 1.41. The smallest absolute Gasteiger partial charge is 0.341 e. The number of anilines is 1. The van der Waals surface area contributed by atoms with Crippen molar-refractivity contribution < 1.29 is 18.0 Å². The van der Waals surface area contributed by atoms with Crippen LogP contribution in [0.2, 0.25) is 0 Å². The van der Waals surface area contributed by atoms with E-state index in [2.05, 4.69) is 14.9 Å². The molecule has 5 nitrogen and oxygen atoms in total. The van der Waals surface area contributed by atoms with Crippen molar-refractivity contribution in [1.29, 1.82) is 0 Å². The molecule has 2 heterocycles. The van der Waals surface area contributed by atoms with Gasteiger partial charge in [-0.2, -0.15) is 13.2 Å². The highest BCUT2D eigenvalue weighted by Gasteiger charge is 2.30. The van der Waals surface area contributed by atoms with E-state index in [9.17, 15) is 18.0 Å². The zero-order chi connectivity index (χ0) is 22.6. The number of alkyl halides is 3. The lowest BCUT2D eigenvalue weighted by molar-refractivity contribution is -0.137. The van der Waals surface area contributed by atoms with E-state index in [0.717, 1.165) is 38.1 Å². The number of hydrogen-bond donors (Lipinski definition) is 0. The summed E-state index contributed by atoms with van der Waals surface area (Å²) >= 11 is 0. The first-order chi connectivity index (χ1) is 15.4. The van der Waals surface area contributed by atoms with Gasteiger partial charge in [0, 0.05) is 44.1 Å². The highest BCUT2D eigenvalue weighted by atomic mass is 19.4. The summed E-state index contributed by atoms with van der Waals surface area (Å²) in [6.07, 6.45) is 0.651. The third-order valence-electron chi connectivity index (χ3n) is 5.49. The standard InChI is InChI=1S/C24H23F3N4O/c25-24(26,27)21-6-1-5-20(17-21)18-7-9-19(10-8-18)22(32)30-13-3-15-31(16-4-14-30)23-28-11-2-12-29-23/h1-2,5-12,17H,3-4,13-16H2. The number of halogens is 3. The van der Waals surface area contributed by atoms with Gasteiger partial charge >= 0.3 is 6.18 Å². The molecule has 4 rings (SSSR count). The van der Waals surface area contributed by atoms with Gasteiger partial charge in [-0.15, -0.1) is 0 Å². The van der Waals surface area contributed by atoms with E-state index in [4.69, 9.17) is 0 Å². The molecule has 1 fully saturated rings. The molecule has 0 N–H and O–H groups in total. The Morgan fingerprint density at radius 2 is 1.47 bits per heavy atom. The Labute approximate surface area is 184 Å². The first kappa shape index (κ1) is 21.8. The average Bonchev–Trinajstić information content (AvgIpc) is 2.79. The van der Waals surface area contributed by atoms with Crippen molar-refractivity contribution >= 4 is 11.9 Å². The van der Waals surface area contributed by atoms with Gasteiger partial charge in [-0.25, -0.2) is 9.97 Å². The second kappa shape index (κ2) is 9.38. The monoisotopic (exact) mass is 440 g/mol. The molecule has 3 aromatic rings. The molecule has 0 unspecified atom stereocenters. The van der Waals surface area contributed by atoms with Gasteiger partial charge < -0.3 is 9.80 Å². The van der Waals surface area contributed by atoms with Crippen molar-refractivity contribution in [2.24, 2.45) is 0 Å². The van der Waals surface area contributed by atoms with E-state index < -0.39 is 11.7 Å². The molecular weight excluding hydrogens is 417 g/mol. The van der Waals surface area contributed by atoms with Crippen molar-refractivity contribution in [2.75, 3.05) is 31.1 Å². The topological polar surface area (TPSA) is 49.3 Å². The number of amides is 1. The van der Waals surface area contributed by atoms with Crippen LogP contribution >= 0.6 is 0 Å². The minimum atomic E-state index is -4.39. The van der Waals surface area contributed by atoms with E-state index in [0.29, 0.717) is 35.7 Å². The molecule has 1 amide bonds. The zero-order valence-electron chi connectivity index (χ0n) is 17.4. The quantitative estimate of drug-likeness (QED) is 0.581. The number of carbonyl (C=O) groups is 1. The maximum atomic E-state index is 13.0. The minimum absolute atomic E-state index is 0.0648. The highest BCUT2D eigenvalue weighted by molar-refractivity contribution is 5.94. The molecule has 32 heavy (non-hydrogen) atoms. The SMILES string of the molecule is O=C(c1ccc(-c2cccc(C(F)(F)F)c2)cc1)N1CCCN(c2ncccn2)CCC1. The summed E-state index contributed by atoms with van der Waals surface area (Å²) in [4.78, 5) is 25.6. The van der Waals surface area contributed by atoms with Gasteiger partial charge in [0.1, 0.15) is 0 Å². The van der Waals surface area contributed by atoms with Crippen LogP contribution in [-0.2, 0) is 6.18 Å². The van der Waals surface area contributed by atoms with E-state index in [1.807, 2.05) is 4.90 Å². The summed E-state index contributed by atoms with van der Waals surface area (Å²) in [6, 6.07) is 13.7. The number of rotatable bonds is 3. The van der Waals surface area contributed by atoms with Gasteiger partial charge in [0.05, 0.1) is 5.56 Å². The van der Waals surface area contributed by atoms with E-state index in [1.165, 1.54) is 6.07 Å². The largest absolute Gasteiger partial charge is 0.416 e. The Kier molecular flexibility index (Phi) is 6.39. The molecule has 1 aliphatic heterocycles. The van der Waals surface area contributed by atoms with Crippen molar-refractivity contribution in [3.8, 4) is 11.1 Å². The molecule has 1 aliphatic rings.